The number of nitrogens with one attached hydrogen (secondary N) is 1. The molecule has 0 aliphatic rings. The second kappa shape index (κ2) is 6.69. The molecule has 0 bridgehead atoms. The van der Waals surface area contributed by atoms with Crippen molar-refractivity contribution in [3.05, 3.63) is 57.8 Å². The van der Waals surface area contributed by atoms with Crippen LogP contribution in [0.3, 0.4) is 0 Å². The highest BCUT2D eigenvalue weighted by Gasteiger charge is 2.09. The summed E-state index contributed by atoms with van der Waals surface area (Å²) in [6.45, 7) is 2.07. The van der Waals surface area contributed by atoms with E-state index in [0.29, 0.717) is 5.69 Å². The summed E-state index contributed by atoms with van der Waals surface area (Å²) in [6.07, 6.45) is 2.55. The number of aryl methyl sites for hydroxylation is 1. The van der Waals surface area contributed by atoms with E-state index in [1.165, 1.54) is 16.9 Å². The third-order valence-electron chi connectivity index (χ3n) is 2.81. The van der Waals surface area contributed by atoms with Crippen LogP contribution in [0.5, 0.6) is 0 Å². The maximum atomic E-state index is 12.0. The van der Waals surface area contributed by atoms with E-state index in [2.05, 4.69) is 12.2 Å². The molecule has 1 N–H and O–H groups in total. The highest BCUT2D eigenvalue weighted by molar-refractivity contribution is 7.10. The number of hydrogen-bond donors (Lipinski definition) is 1. The highest BCUT2D eigenvalue weighted by atomic mass is 32.1. The van der Waals surface area contributed by atoms with Crippen molar-refractivity contribution in [1.29, 1.82) is 5.26 Å². The molecule has 1 aromatic heterocycles. The molecule has 0 fully saturated rings. The minimum atomic E-state index is -0.384. The lowest BCUT2D eigenvalue weighted by molar-refractivity contribution is -0.112. The van der Waals surface area contributed by atoms with Crippen molar-refractivity contribution in [2.75, 3.05) is 5.32 Å². The van der Waals surface area contributed by atoms with Gasteiger partial charge in [-0.1, -0.05) is 25.1 Å². The fourth-order valence-electron chi connectivity index (χ4n) is 1.69. The molecule has 0 atom stereocenters. The van der Waals surface area contributed by atoms with Crippen LogP contribution in [0.4, 0.5) is 5.69 Å². The van der Waals surface area contributed by atoms with Gasteiger partial charge >= 0.3 is 0 Å². The minimum absolute atomic E-state index is 0.104. The molecule has 2 rings (SSSR count). The van der Waals surface area contributed by atoms with Gasteiger partial charge in [0.15, 0.2) is 0 Å². The number of benzene rings is 1. The van der Waals surface area contributed by atoms with Crippen LogP contribution in [0.25, 0.3) is 6.08 Å². The van der Waals surface area contributed by atoms with E-state index in [0.717, 1.165) is 11.3 Å². The average Bonchev–Trinajstić information content (AvgIpc) is 2.98. The van der Waals surface area contributed by atoms with Gasteiger partial charge in [0.05, 0.1) is 0 Å². The maximum Gasteiger partial charge on any atom is 0.266 e. The number of anilines is 1. The van der Waals surface area contributed by atoms with Crippen LogP contribution in [0, 0.1) is 11.3 Å². The Morgan fingerprint density at radius 2 is 2.10 bits per heavy atom. The molecule has 0 unspecified atom stereocenters. The molecule has 2 aromatic rings. The highest BCUT2D eigenvalue weighted by Crippen LogP contribution is 2.15. The normalized spacial score (nSPS) is 10.9. The Kier molecular flexibility index (Phi) is 4.70. The molecule has 0 radical (unpaired) electrons. The van der Waals surface area contributed by atoms with Gasteiger partial charge in [-0.2, -0.15) is 5.26 Å². The third-order valence-corrected chi connectivity index (χ3v) is 3.63. The van der Waals surface area contributed by atoms with E-state index in [1.54, 1.807) is 6.08 Å². The first-order chi connectivity index (χ1) is 9.72. The second-order valence-electron chi connectivity index (χ2n) is 4.19. The van der Waals surface area contributed by atoms with E-state index < -0.39 is 0 Å². The zero-order valence-corrected chi connectivity index (χ0v) is 11.9. The minimum Gasteiger partial charge on any atom is -0.321 e. The molecule has 4 heteroatoms. The van der Waals surface area contributed by atoms with Gasteiger partial charge in [-0.25, -0.2) is 0 Å². The van der Waals surface area contributed by atoms with E-state index in [9.17, 15) is 4.79 Å². The Morgan fingerprint density at radius 1 is 1.35 bits per heavy atom. The molecular weight excluding hydrogens is 268 g/mol. The Balaban J connectivity index is 2.11. The first kappa shape index (κ1) is 14.0. The fourth-order valence-corrected chi connectivity index (χ4v) is 2.34. The Hall–Kier alpha value is -2.38. The summed E-state index contributed by atoms with van der Waals surface area (Å²) in [5.74, 6) is -0.384. The predicted molar refractivity (Wildman–Crippen MR) is 82.4 cm³/mol. The number of thiophene rings is 1. The first-order valence-electron chi connectivity index (χ1n) is 6.28. The van der Waals surface area contributed by atoms with Crippen molar-refractivity contribution in [2.45, 2.75) is 13.3 Å². The largest absolute Gasteiger partial charge is 0.321 e. The van der Waals surface area contributed by atoms with E-state index >= 15 is 0 Å². The van der Waals surface area contributed by atoms with Crippen LogP contribution < -0.4 is 5.32 Å². The number of rotatable bonds is 4. The summed E-state index contributed by atoms with van der Waals surface area (Å²) in [5, 5.41) is 13.7. The topological polar surface area (TPSA) is 52.9 Å². The van der Waals surface area contributed by atoms with Gasteiger partial charge in [0.2, 0.25) is 0 Å². The number of hydrogen-bond acceptors (Lipinski definition) is 3. The molecule has 100 valence electrons. The molecule has 0 aliphatic heterocycles. The van der Waals surface area contributed by atoms with Crippen LogP contribution in [0.15, 0.2) is 47.4 Å². The van der Waals surface area contributed by atoms with Crippen LogP contribution in [0.2, 0.25) is 0 Å². The lowest BCUT2D eigenvalue weighted by Gasteiger charge is -2.05. The number of nitriles is 1. The van der Waals surface area contributed by atoms with Gasteiger partial charge in [0.1, 0.15) is 11.6 Å². The number of carbonyl (C=O) groups excluding carboxylic acids is 1. The third kappa shape index (κ3) is 3.56. The molecule has 20 heavy (non-hydrogen) atoms. The van der Waals surface area contributed by atoms with Crippen LogP contribution >= 0.6 is 11.3 Å². The van der Waals surface area contributed by atoms with E-state index in [4.69, 9.17) is 5.26 Å². The fraction of sp³-hybridized carbons (Fsp3) is 0.125. The average molecular weight is 282 g/mol. The second-order valence-corrected chi connectivity index (χ2v) is 5.17. The van der Waals surface area contributed by atoms with Gasteiger partial charge in [0, 0.05) is 10.6 Å². The number of nitrogens with zero attached hydrogens (tertiary/aromatic N) is 1. The Bertz CT molecular complexity index is 649. The standard InChI is InChI=1S/C16H14N2OS/c1-2-12-5-7-14(8-6-12)18-16(19)13(11-17)10-15-4-3-9-20-15/h3-10H,2H2,1H3,(H,18,19)/b13-10-. The van der Waals surface area contributed by atoms with E-state index in [1.807, 2.05) is 47.8 Å². The summed E-state index contributed by atoms with van der Waals surface area (Å²) in [7, 11) is 0. The summed E-state index contributed by atoms with van der Waals surface area (Å²) in [6, 6.07) is 13.3. The summed E-state index contributed by atoms with van der Waals surface area (Å²) in [4.78, 5) is 12.9. The van der Waals surface area contributed by atoms with Crippen LogP contribution in [-0.4, -0.2) is 5.91 Å². The zero-order valence-electron chi connectivity index (χ0n) is 11.1. The van der Waals surface area contributed by atoms with Gasteiger partial charge in [-0.15, -0.1) is 11.3 Å². The maximum absolute atomic E-state index is 12.0. The van der Waals surface area contributed by atoms with Crippen molar-refractivity contribution >= 4 is 29.0 Å². The molecule has 1 heterocycles. The van der Waals surface area contributed by atoms with Gasteiger partial charge in [-0.05, 0) is 41.6 Å². The van der Waals surface area contributed by atoms with Crippen molar-refractivity contribution < 1.29 is 4.79 Å². The molecule has 1 amide bonds. The quantitative estimate of drug-likeness (QED) is 0.684. The zero-order chi connectivity index (χ0) is 14.4. The SMILES string of the molecule is CCc1ccc(NC(=O)/C(C#N)=C\c2cccs2)cc1. The van der Waals surface area contributed by atoms with Crippen LogP contribution in [-0.2, 0) is 11.2 Å². The van der Waals surface area contributed by atoms with Crippen molar-refractivity contribution in [2.24, 2.45) is 0 Å². The smallest absolute Gasteiger partial charge is 0.266 e. The molecule has 1 aromatic carbocycles. The summed E-state index contributed by atoms with van der Waals surface area (Å²) < 4.78 is 0. The summed E-state index contributed by atoms with van der Waals surface area (Å²) in [5.41, 5.74) is 2.00. The molecule has 0 saturated carbocycles. The molecule has 0 spiro atoms. The summed E-state index contributed by atoms with van der Waals surface area (Å²) >= 11 is 1.49. The lowest BCUT2D eigenvalue weighted by Crippen LogP contribution is -2.13. The van der Waals surface area contributed by atoms with Crippen molar-refractivity contribution in [3.8, 4) is 6.07 Å². The molecule has 0 saturated heterocycles. The number of amides is 1. The predicted octanol–water partition coefficient (Wildman–Crippen LogP) is 3.86. The van der Waals surface area contributed by atoms with Crippen molar-refractivity contribution in [3.63, 3.8) is 0 Å². The monoisotopic (exact) mass is 282 g/mol. The van der Waals surface area contributed by atoms with Crippen molar-refractivity contribution in [1.82, 2.24) is 0 Å². The van der Waals surface area contributed by atoms with Gasteiger partial charge < -0.3 is 5.32 Å². The molecule has 3 nitrogen and oxygen atoms in total. The van der Waals surface area contributed by atoms with Gasteiger partial charge in [-0.3, -0.25) is 4.79 Å². The van der Waals surface area contributed by atoms with Crippen LogP contribution in [0.1, 0.15) is 17.4 Å². The first-order valence-corrected chi connectivity index (χ1v) is 7.16. The Morgan fingerprint density at radius 3 is 2.65 bits per heavy atom. The van der Waals surface area contributed by atoms with Gasteiger partial charge in [0.25, 0.3) is 5.91 Å². The molecule has 0 aliphatic carbocycles. The number of carbonyl (C=O) groups is 1. The van der Waals surface area contributed by atoms with E-state index in [-0.39, 0.29) is 11.5 Å². The molecular formula is C16H14N2OS. The Labute approximate surface area is 122 Å². The lowest BCUT2D eigenvalue weighted by atomic mass is 10.1.